The Morgan fingerprint density at radius 2 is 2.03 bits per heavy atom. The van der Waals surface area contributed by atoms with Crippen LogP contribution in [0.25, 0.3) is 16.6 Å². The van der Waals surface area contributed by atoms with Gasteiger partial charge in [-0.15, -0.1) is 12.4 Å². The van der Waals surface area contributed by atoms with Gasteiger partial charge in [0.2, 0.25) is 11.3 Å². The van der Waals surface area contributed by atoms with Crippen LogP contribution in [0.15, 0.2) is 59.8 Å². The Morgan fingerprint density at radius 1 is 1.21 bits per heavy atom. The van der Waals surface area contributed by atoms with E-state index in [1.807, 2.05) is 36.0 Å². The van der Waals surface area contributed by atoms with Crippen molar-refractivity contribution in [3.05, 3.63) is 87.6 Å². The Bertz CT molecular complexity index is 1590. The summed E-state index contributed by atoms with van der Waals surface area (Å²) in [6.45, 7) is 2.29. The quantitative estimate of drug-likeness (QED) is 0.382. The zero-order valence-electron chi connectivity index (χ0n) is 20.8. The van der Waals surface area contributed by atoms with E-state index in [-0.39, 0.29) is 23.4 Å². The highest BCUT2D eigenvalue weighted by Crippen LogP contribution is 2.33. The summed E-state index contributed by atoms with van der Waals surface area (Å²) in [7, 11) is 3.90. The Morgan fingerprint density at radius 3 is 2.68 bits per heavy atom. The van der Waals surface area contributed by atoms with Crippen LogP contribution in [0.1, 0.15) is 27.2 Å². The number of halogens is 1. The first-order chi connectivity index (χ1) is 17.9. The number of carbonyl (C=O) groups is 1. The molecule has 0 amide bonds. The van der Waals surface area contributed by atoms with Crippen molar-refractivity contribution in [2.24, 2.45) is 0 Å². The average Bonchev–Trinajstić information content (AvgIpc) is 3.33. The first kappa shape index (κ1) is 26.6. The fourth-order valence-corrected chi connectivity index (χ4v) is 4.38. The van der Waals surface area contributed by atoms with Crippen molar-refractivity contribution in [3.63, 3.8) is 0 Å². The normalized spacial score (nSPS) is 12.2. The van der Waals surface area contributed by atoms with Gasteiger partial charge in [-0.25, -0.2) is 9.78 Å². The molecule has 1 aliphatic heterocycles. The second-order valence-electron chi connectivity index (χ2n) is 9.02. The number of aromatic carboxylic acids is 1. The lowest BCUT2D eigenvalue weighted by atomic mass is 10.1. The first-order valence-electron chi connectivity index (χ1n) is 11.6. The molecular weight excluding hydrogens is 508 g/mol. The Hall–Kier alpha value is -4.46. The number of nitrogens with zero attached hydrogens (tertiary/aromatic N) is 6. The van der Waals surface area contributed by atoms with E-state index in [0.29, 0.717) is 42.5 Å². The molecule has 194 valence electrons. The number of nitriles is 1. The van der Waals surface area contributed by atoms with Gasteiger partial charge < -0.3 is 24.2 Å². The summed E-state index contributed by atoms with van der Waals surface area (Å²) in [6.07, 6.45) is 4.60. The lowest BCUT2D eigenvalue weighted by Gasteiger charge is -2.21. The lowest BCUT2D eigenvalue weighted by Crippen LogP contribution is -2.21. The van der Waals surface area contributed by atoms with Gasteiger partial charge in [-0.1, -0.05) is 6.07 Å². The summed E-state index contributed by atoms with van der Waals surface area (Å²) < 4.78 is 7.28. The van der Waals surface area contributed by atoms with Crippen molar-refractivity contribution in [1.82, 2.24) is 19.4 Å². The number of hydrogen-bond donors (Lipinski definition) is 1. The molecule has 3 aromatic heterocycles. The van der Waals surface area contributed by atoms with Crippen molar-refractivity contribution in [2.45, 2.75) is 13.1 Å². The highest BCUT2D eigenvalue weighted by molar-refractivity contribution is 5.95. The molecule has 0 saturated heterocycles. The van der Waals surface area contributed by atoms with Crippen LogP contribution in [0.5, 0.6) is 5.88 Å². The largest absolute Gasteiger partial charge is 0.477 e. The van der Waals surface area contributed by atoms with Gasteiger partial charge in [0.25, 0.3) is 0 Å². The summed E-state index contributed by atoms with van der Waals surface area (Å²) in [5, 5.41) is 19.7. The van der Waals surface area contributed by atoms with E-state index in [9.17, 15) is 20.0 Å². The number of hydrogen-bond acceptors (Lipinski definition) is 8. The Balaban J connectivity index is 0.00000336. The minimum atomic E-state index is -1.35. The van der Waals surface area contributed by atoms with Crippen molar-refractivity contribution in [3.8, 4) is 17.6 Å². The molecule has 38 heavy (non-hydrogen) atoms. The minimum absolute atomic E-state index is 0. The van der Waals surface area contributed by atoms with E-state index < -0.39 is 17.0 Å². The second kappa shape index (κ2) is 10.9. The predicted octanol–water partition coefficient (Wildman–Crippen LogP) is 3.23. The number of carboxylic acids is 1. The van der Waals surface area contributed by atoms with Gasteiger partial charge in [0, 0.05) is 36.9 Å². The van der Waals surface area contributed by atoms with Crippen LogP contribution in [0, 0.1) is 11.3 Å². The van der Waals surface area contributed by atoms with Gasteiger partial charge in [-0.05, 0) is 43.9 Å². The van der Waals surface area contributed by atoms with Crippen LogP contribution in [0.4, 0.5) is 5.69 Å². The molecule has 0 aliphatic carbocycles. The number of carboxylic acid groups (broad SMARTS) is 1. The first-order valence-corrected chi connectivity index (χ1v) is 11.6. The highest BCUT2D eigenvalue weighted by Gasteiger charge is 2.24. The van der Waals surface area contributed by atoms with Crippen molar-refractivity contribution in [1.29, 1.82) is 5.26 Å². The summed E-state index contributed by atoms with van der Waals surface area (Å²) in [5.74, 6) is -0.912. The molecule has 4 aromatic rings. The second-order valence-corrected chi connectivity index (χ2v) is 9.02. The standard InChI is InChI=1S/C27H24N6O4.ClH/c1-31(2)8-9-37-25-6-5-19(13-30-25)33-15-21(27(35)36)26(34)20-10-18(12-28)23(11-24(20)33)32-14-17-4-3-7-29-22(17)16-32;/h3-7,10-11,13,15H,8-9,14,16H2,1-2H3,(H,35,36);1H. The summed E-state index contributed by atoms with van der Waals surface area (Å²) in [6, 6.07) is 12.7. The third kappa shape index (κ3) is 5.02. The Labute approximate surface area is 224 Å². The van der Waals surface area contributed by atoms with Crippen LogP contribution in [-0.2, 0) is 13.1 Å². The summed E-state index contributed by atoms with van der Waals surface area (Å²) >= 11 is 0. The molecule has 10 nitrogen and oxygen atoms in total. The number of likely N-dealkylation sites (N-methyl/N-ethyl adjacent to an activating group) is 1. The fourth-order valence-electron chi connectivity index (χ4n) is 4.38. The average molecular weight is 533 g/mol. The molecular formula is C27H25ClN6O4. The molecule has 1 aromatic carbocycles. The monoisotopic (exact) mass is 532 g/mol. The SMILES string of the molecule is CN(C)CCOc1ccc(-n2cc(C(=O)O)c(=O)c3cc(C#N)c(N4Cc5cccnc5C4)cc32)cn1.Cl. The summed E-state index contributed by atoms with van der Waals surface area (Å²) in [4.78, 5) is 37.8. The topological polar surface area (TPSA) is 125 Å². The predicted molar refractivity (Wildman–Crippen MR) is 144 cm³/mol. The molecule has 1 N–H and O–H groups in total. The van der Waals surface area contributed by atoms with E-state index in [1.165, 1.54) is 12.3 Å². The number of aromatic nitrogens is 3. The molecule has 11 heteroatoms. The van der Waals surface area contributed by atoms with E-state index in [2.05, 4.69) is 16.0 Å². The van der Waals surface area contributed by atoms with Gasteiger partial charge >= 0.3 is 5.97 Å². The highest BCUT2D eigenvalue weighted by atomic mass is 35.5. The number of rotatable bonds is 7. The van der Waals surface area contributed by atoms with E-state index >= 15 is 0 Å². The Kier molecular flexibility index (Phi) is 7.62. The van der Waals surface area contributed by atoms with Crippen LogP contribution >= 0.6 is 12.4 Å². The van der Waals surface area contributed by atoms with Gasteiger partial charge in [-0.3, -0.25) is 9.78 Å². The third-order valence-electron chi connectivity index (χ3n) is 6.29. The molecule has 0 unspecified atom stereocenters. The zero-order valence-corrected chi connectivity index (χ0v) is 21.6. The molecule has 0 spiro atoms. The lowest BCUT2D eigenvalue weighted by molar-refractivity contribution is 0.0695. The maximum absolute atomic E-state index is 13.1. The molecule has 4 heterocycles. The third-order valence-corrected chi connectivity index (χ3v) is 6.29. The zero-order chi connectivity index (χ0) is 26.1. The van der Waals surface area contributed by atoms with Crippen LogP contribution in [0.2, 0.25) is 0 Å². The smallest absolute Gasteiger partial charge is 0.341 e. The number of ether oxygens (including phenoxy) is 1. The van der Waals surface area contributed by atoms with Crippen molar-refractivity contribution < 1.29 is 14.6 Å². The molecule has 0 atom stereocenters. The number of benzene rings is 1. The van der Waals surface area contributed by atoms with Gasteiger partial charge in [-0.2, -0.15) is 5.26 Å². The number of anilines is 1. The van der Waals surface area contributed by atoms with Crippen LogP contribution in [-0.4, -0.2) is 57.8 Å². The van der Waals surface area contributed by atoms with Gasteiger partial charge in [0.05, 0.1) is 40.9 Å². The summed E-state index contributed by atoms with van der Waals surface area (Å²) in [5.41, 5.74) is 2.90. The molecule has 0 fully saturated rings. The van der Waals surface area contributed by atoms with Crippen molar-refractivity contribution >= 4 is 35.0 Å². The van der Waals surface area contributed by atoms with E-state index in [4.69, 9.17) is 4.74 Å². The van der Waals surface area contributed by atoms with Gasteiger partial charge in [0.15, 0.2) is 0 Å². The minimum Gasteiger partial charge on any atom is -0.477 e. The molecule has 0 saturated carbocycles. The van der Waals surface area contributed by atoms with Crippen molar-refractivity contribution in [2.75, 3.05) is 32.1 Å². The van der Waals surface area contributed by atoms with E-state index in [0.717, 1.165) is 17.8 Å². The van der Waals surface area contributed by atoms with Crippen LogP contribution in [0.3, 0.4) is 0 Å². The van der Waals surface area contributed by atoms with Crippen LogP contribution < -0.4 is 15.1 Å². The molecule has 0 bridgehead atoms. The maximum atomic E-state index is 13.1. The molecule has 5 rings (SSSR count). The fraction of sp³-hybridized carbons (Fsp3) is 0.222. The molecule has 1 aliphatic rings. The van der Waals surface area contributed by atoms with Gasteiger partial charge in [0.1, 0.15) is 18.2 Å². The molecule has 0 radical (unpaired) electrons. The maximum Gasteiger partial charge on any atom is 0.341 e. The van der Waals surface area contributed by atoms with E-state index in [1.54, 1.807) is 35.2 Å². The number of pyridine rings is 3. The number of fused-ring (bicyclic) bond motifs is 2.